The predicted octanol–water partition coefficient (Wildman–Crippen LogP) is 5.38. The predicted molar refractivity (Wildman–Crippen MR) is 128 cm³/mol. The summed E-state index contributed by atoms with van der Waals surface area (Å²) in [4.78, 5) is 27.4. The summed E-state index contributed by atoms with van der Waals surface area (Å²) in [5.74, 6) is -0.300. The van der Waals surface area contributed by atoms with Gasteiger partial charge in [0.25, 0.3) is 5.91 Å². The number of benzene rings is 3. The maximum Gasteiger partial charge on any atom is 0.266 e. The summed E-state index contributed by atoms with van der Waals surface area (Å²) in [5.41, 5.74) is 2.88. The second kappa shape index (κ2) is 8.81. The number of nitrogens with one attached hydrogen (secondary N) is 1. The molecule has 30 heavy (non-hydrogen) atoms. The van der Waals surface area contributed by atoms with E-state index < -0.39 is 0 Å². The van der Waals surface area contributed by atoms with E-state index in [2.05, 4.69) is 5.32 Å². The Morgan fingerprint density at radius 2 is 1.80 bits per heavy atom. The summed E-state index contributed by atoms with van der Waals surface area (Å²) < 4.78 is 0.483. The van der Waals surface area contributed by atoms with Crippen LogP contribution in [0.25, 0.3) is 16.8 Å². The molecule has 0 saturated carbocycles. The molecule has 0 aliphatic carbocycles. The molecule has 0 bridgehead atoms. The van der Waals surface area contributed by atoms with E-state index in [-0.39, 0.29) is 24.8 Å². The Balaban J connectivity index is 1.40. The number of carbonyl (C=O) groups excluding carboxylic acids is 2. The van der Waals surface area contributed by atoms with Gasteiger partial charge in [0.05, 0.1) is 4.91 Å². The largest absolute Gasteiger partial charge is 0.325 e. The maximum atomic E-state index is 12.8. The van der Waals surface area contributed by atoms with Gasteiger partial charge in [0.1, 0.15) is 4.32 Å². The lowest BCUT2D eigenvalue weighted by molar-refractivity contribution is -0.122. The minimum atomic E-state index is -0.150. The van der Waals surface area contributed by atoms with Crippen LogP contribution in [0.3, 0.4) is 0 Å². The number of thioether (sulfide) groups is 1. The number of amides is 2. The molecule has 4 nitrogen and oxygen atoms in total. The summed E-state index contributed by atoms with van der Waals surface area (Å²) in [6.45, 7) is 2.28. The van der Waals surface area contributed by atoms with Crippen LogP contribution in [0.5, 0.6) is 0 Å². The van der Waals surface area contributed by atoms with Gasteiger partial charge in [0.2, 0.25) is 5.91 Å². The third kappa shape index (κ3) is 4.45. The number of hydrogen-bond donors (Lipinski definition) is 1. The van der Waals surface area contributed by atoms with Crippen LogP contribution in [0.4, 0.5) is 5.69 Å². The minimum absolute atomic E-state index is 0.150. The molecule has 3 aromatic carbocycles. The number of nitrogens with zero attached hydrogens (tertiary/aromatic N) is 1. The summed E-state index contributed by atoms with van der Waals surface area (Å²) >= 11 is 6.65. The van der Waals surface area contributed by atoms with Gasteiger partial charge in [-0.05, 0) is 30.0 Å². The standard InChI is InChI=1S/C24H20N2O2S2/c1-16-9-11-17(12-10-16)15-21-23(28)26(24(29)30-21)14-13-22(27)25-20-8-4-6-18-5-2-3-7-19(18)20/h2-12,15H,13-14H2,1H3,(H,25,27)/b21-15+. The van der Waals surface area contributed by atoms with Crippen molar-refractivity contribution in [3.63, 3.8) is 0 Å². The highest BCUT2D eigenvalue weighted by atomic mass is 32.2. The highest BCUT2D eigenvalue weighted by molar-refractivity contribution is 8.26. The molecule has 1 aliphatic heterocycles. The Labute approximate surface area is 185 Å². The average Bonchev–Trinajstić information content (AvgIpc) is 3.01. The van der Waals surface area contributed by atoms with Gasteiger partial charge >= 0.3 is 0 Å². The zero-order valence-corrected chi connectivity index (χ0v) is 18.1. The highest BCUT2D eigenvalue weighted by Crippen LogP contribution is 2.32. The van der Waals surface area contributed by atoms with E-state index in [1.807, 2.05) is 79.7 Å². The lowest BCUT2D eigenvalue weighted by Crippen LogP contribution is -2.31. The molecule has 6 heteroatoms. The van der Waals surface area contributed by atoms with Crippen LogP contribution in [0, 0.1) is 6.92 Å². The van der Waals surface area contributed by atoms with Crippen LogP contribution in [-0.4, -0.2) is 27.6 Å². The highest BCUT2D eigenvalue weighted by Gasteiger charge is 2.32. The number of hydrogen-bond acceptors (Lipinski definition) is 4. The quantitative estimate of drug-likeness (QED) is 0.434. The third-order valence-corrected chi connectivity index (χ3v) is 6.25. The molecule has 4 rings (SSSR count). The topological polar surface area (TPSA) is 49.4 Å². The van der Waals surface area contributed by atoms with Crippen molar-refractivity contribution in [2.75, 3.05) is 11.9 Å². The number of carbonyl (C=O) groups is 2. The molecular weight excluding hydrogens is 412 g/mol. The van der Waals surface area contributed by atoms with Crippen molar-refractivity contribution in [1.29, 1.82) is 0 Å². The van der Waals surface area contributed by atoms with Gasteiger partial charge in [-0.2, -0.15) is 0 Å². The molecule has 0 unspecified atom stereocenters. The summed E-state index contributed by atoms with van der Waals surface area (Å²) in [5, 5.41) is 5.00. The zero-order valence-electron chi connectivity index (χ0n) is 16.4. The number of aryl methyl sites for hydroxylation is 1. The second-order valence-electron chi connectivity index (χ2n) is 7.07. The molecule has 2 amide bonds. The van der Waals surface area contributed by atoms with Crippen LogP contribution in [-0.2, 0) is 9.59 Å². The zero-order chi connectivity index (χ0) is 21.1. The smallest absolute Gasteiger partial charge is 0.266 e. The van der Waals surface area contributed by atoms with Crippen molar-refractivity contribution in [2.24, 2.45) is 0 Å². The van der Waals surface area contributed by atoms with Crippen molar-refractivity contribution in [2.45, 2.75) is 13.3 Å². The maximum absolute atomic E-state index is 12.8. The summed E-state index contributed by atoms with van der Waals surface area (Å²) in [6, 6.07) is 21.6. The molecule has 3 aromatic rings. The minimum Gasteiger partial charge on any atom is -0.325 e. The van der Waals surface area contributed by atoms with Crippen LogP contribution >= 0.6 is 24.0 Å². The number of thiocarbonyl (C=S) groups is 1. The molecule has 1 aliphatic rings. The molecule has 0 spiro atoms. The third-order valence-electron chi connectivity index (χ3n) is 4.87. The normalized spacial score (nSPS) is 15.2. The Morgan fingerprint density at radius 3 is 2.60 bits per heavy atom. The van der Waals surface area contributed by atoms with Crippen molar-refractivity contribution in [1.82, 2.24) is 4.90 Å². The van der Waals surface area contributed by atoms with Crippen LogP contribution < -0.4 is 5.32 Å². The lowest BCUT2D eigenvalue weighted by atomic mass is 10.1. The molecule has 1 saturated heterocycles. The van der Waals surface area contributed by atoms with Crippen LogP contribution in [0.2, 0.25) is 0 Å². The number of fused-ring (bicyclic) bond motifs is 1. The first kappa shape index (κ1) is 20.3. The van der Waals surface area contributed by atoms with Gasteiger partial charge in [-0.15, -0.1) is 0 Å². The average molecular weight is 433 g/mol. The van der Waals surface area contributed by atoms with Gasteiger partial charge < -0.3 is 5.32 Å². The van der Waals surface area contributed by atoms with E-state index in [0.29, 0.717) is 9.23 Å². The first-order chi connectivity index (χ1) is 14.5. The van der Waals surface area contributed by atoms with E-state index in [9.17, 15) is 9.59 Å². The monoisotopic (exact) mass is 432 g/mol. The fourth-order valence-electron chi connectivity index (χ4n) is 3.27. The van der Waals surface area contributed by atoms with E-state index in [1.54, 1.807) is 0 Å². The molecule has 0 atom stereocenters. The van der Waals surface area contributed by atoms with E-state index >= 15 is 0 Å². The first-order valence-corrected chi connectivity index (χ1v) is 10.8. The molecule has 0 radical (unpaired) electrons. The Kier molecular flexibility index (Phi) is 5.97. The van der Waals surface area contributed by atoms with E-state index in [4.69, 9.17) is 12.2 Å². The SMILES string of the molecule is Cc1ccc(/C=C2/SC(=S)N(CCC(=O)Nc3cccc4ccccc34)C2=O)cc1. The molecule has 1 fully saturated rings. The summed E-state index contributed by atoms with van der Waals surface area (Å²) in [7, 11) is 0. The van der Waals surface area contributed by atoms with E-state index in [0.717, 1.165) is 27.6 Å². The summed E-state index contributed by atoms with van der Waals surface area (Å²) in [6.07, 6.45) is 2.02. The van der Waals surface area contributed by atoms with Crippen molar-refractivity contribution >= 4 is 62.7 Å². The number of rotatable bonds is 5. The Hall–Kier alpha value is -2.96. The van der Waals surface area contributed by atoms with Crippen molar-refractivity contribution in [3.8, 4) is 0 Å². The fraction of sp³-hybridized carbons (Fsp3) is 0.125. The second-order valence-corrected chi connectivity index (χ2v) is 8.74. The Morgan fingerprint density at radius 1 is 1.07 bits per heavy atom. The fourth-order valence-corrected chi connectivity index (χ4v) is 4.58. The molecular formula is C24H20N2O2S2. The van der Waals surface area contributed by atoms with Gasteiger partial charge in [-0.25, -0.2) is 0 Å². The molecule has 150 valence electrons. The van der Waals surface area contributed by atoms with Crippen LogP contribution in [0.15, 0.2) is 71.6 Å². The van der Waals surface area contributed by atoms with Gasteiger partial charge in [0.15, 0.2) is 0 Å². The molecule has 1 heterocycles. The van der Waals surface area contributed by atoms with Crippen molar-refractivity contribution < 1.29 is 9.59 Å². The van der Waals surface area contributed by atoms with Gasteiger partial charge in [-0.3, -0.25) is 14.5 Å². The Bertz CT molecular complexity index is 1160. The van der Waals surface area contributed by atoms with Crippen LogP contribution in [0.1, 0.15) is 17.5 Å². The van der Waals surface area contributed by atoms with E-state index in [1.165, 1.54) is 16.7 Å². The van der Waals surface area contributed by atoms with Gasteiger partial charge in [-0.1, -0.05) is 90.2 Å². The van der Waals surface area contributed by atoms with Crippen molar-refractivity contribution in [3.05, 3.63) is 82.8 Å². The first-order valence-electron chi connectivity index (χ1n) is 9.61. The lowest BCUT2D eigenvalue weighted by Gasteiger charge is -2.14. The number of anilines is 1. The molecule has 0 aromatic heterocycles. The van der Waals surface area contributed by atoms with Gasteiger partial charge in [0, 0.05) is 24.0 Å². The molecule has 1 N–H and O–H groups in total.